The number of likely N-dealkylation sites (tertiary alicyclic amines) is 1. The third-order valence-corrected chi connectivity index (χ3v) is 3.24. The zero-order chi connectivity index (χ0) is 12.2. The van der Waals surface area contributed by atoms with Crippen LogP contribution < -0.4 is 0 Å². The Balaban J connectivity index is 2.32. The molecule has 1 heterocycles. The first-order valence-electron chi connectivity index (χ1n) is 5.96. The second-order valence-corrected chi connectivity index (χ2v) is 6.21. The zero-order valence-electron chi connectivity index (χ0n) is 10.5. The predicted molar refractivity (Wildman–Crippen MR) is 68.9 cm³/mol. The fraction of sp³-hybridized carbons (Fsp3) is 0.917. The summed E-state index contributed by atoms with van der Waals surface area (Å²) in [6, 6.07) is 0. The summed E-state index contributed by atoms with van der Waals surface area (Å²) in [5.74, 6) is 0.657. The molecule has 0 bridgehead atoms. The van der Waals surface area contributed by atoms with Crippen LogP contribution in [0.3, 0.4) is 0 Å². The molecule has 1 aliphatic rings. The highest BCUT2D eigenvalue weighted by atomic mass is 79.9. The van der Waals surface area contributed by atoms with Crippen LogP contribution in [0.1, 0.15) is 40.0 Å². The van der Waals surface area contributed by atoms with Gasteiger partial charge in [0.2, 0.25) is 0 Å². The number of nitrogens with zero attached hydrogens (tertiary/aromatic N) is 1. The van der Waals surface area contributed by atoms with Crippen LogP contribution in [-0.2, 0) is 4.74 Å². The smallest absolute Gasteiger partial charge is 0.410 e. The van der Waals surface area contributed by atoms with E-state index in [1.54, 1.807) is 0 Å². The molecule has 0 aliphatic carbocycles. The van der Waals surface area contributed by atoms with E-state index in [4.69, 9.17) is 4.74 Å². The van der Waals surface area contributed by atoms with Gasteiger partial charge < -0.3 is 9.64 Å². The minimum Gasteiger partial charge on any atom is -0.444 e. The van der Waals surface area contributed by atoms with Gasteiger partial charge in [0.15, 0.2) is 0 Å². The van der Waals surface area contributed by atoms with E-state index in [0.29, 0.717) is 5.92 Å². The van der Waals surface area contributed by atoms with Crippen LogP contribution >= 0.6 is 15.9 Å². The largest absolute Gasteiger partial charge is 0.444 e. The quantitative estimate of drug-likeness (QED) is 0.746. The Morgan fingerprint density at radius 3 is 2.75 bits per heavy atom. The van der Waals surface area contributed by atoms with Crippen molar-refractivity contribution in [3.05, 3.63) is 0 Å². The number of alkyl halides is 1. The predicted octanol–water partition coefficient (Wildman–Crippen LogP) is 3.42. The molecule has 4 heteroatoms. The third-order valence-electron chi connectivity index (χ3n) is 2.68. The van der Waals surface area contributed by atoms with Gasteiger partial charge in [-0.25, -0.2) is 4.79 Å². The van der Waals surface area contributed by atoms with Gasteiger partial charge in [0.1, 0.15) is 5.60 Å². The van der Waals surface area contributed by atoms with Crippen LogP contribution in [0.4, 0.5) is 4.79 Å². The van der Waals surface area contributed by atoms with E-state index in [0.717, 1.165) is 24.8 Å². The minimum atomic E-state index is -0.384. The average molecular weight is 292 g/mol. The number of ether oxygens (including phenoxy) is 1. The molecule has 94 valence electrons. The van der Waals surface area contributed by atoms with Gasteiger partial charge in [-0.3, -0.25) is 0 Å². The van der Waals surface area contributed by atoms with Crippen molar-refractivity contribution in [3.8, 4) is 0 Å². The van der Waals surface area contributed by atoms with Gasteiger partial charge in [0, 0.05) is 18.4 Å². The molecule has 16 heavy (non-hydrogen) atoms. The lowest BCUT2D eigenvalue weighted by Crippen LogP contribution is -2.35. The average Bonchev–Trinajstić information content (AvgIpc) is 2.60. The Morgan fingerprint density at radius 2 is 2.19 bits per heavy atom. The highest BCUT2D eigenvalue weighted by molar-refractivity contribution is 9.09. The fourth-order valence-electron chi connectivity index (χ4n) is 1.93. The minimum absolute atomic E-state index is 0.158. The third kappa shape index (κ3) is 4.73. The molecule has 1 saturated heterocycles. The molecule has 0 spiro atoms. The number of hydrogen-bond acceptors (Lipinski definition) is 2. The first-order valence-corrected chi connectivity index (χ1v) is 7.08. The lowest BCUT2D eigenvalue weighted by Gasteiger charge is -2.24. The van der Waals surface area contributed by atoms with Crippen molar-refractivity contribution in [1.29, 1.82) is 0 Å². The van der Waals surface area contributed by atoms with Crippen molar-refractivity contribution in [3.63, 3.8) is 0 Å². The molecule has 0 aromatic rings. The molecule has 1 aliphatic heterocycles. The number of halogens is 1. The van der Waals surface area contributed by atoms with Crippen molar-refractivity contribution in [2.45, 2.75) is 45.6 Å². The first-order chi connectivity index (χ1) is 7.42. The van der Waals surface area contributed by atoms with Gasteiger partial charge in [-0.15, -0.1) is 0 Å². The molecule has 0 aromatic heterocycles. The Kier molecular flexibility index (Phi) is 5.09. The van der Waals surface area contributed by atoms with E-state index < -0.39 is 0 Å². The number of carbonyl (C=O) groups is 1. The maximum Gasteiger partial charge on any atom is 0.410 e. The van der Waals surface area contributed by atoms with Crippen molar-refractivity contribution in [2.75, 3.05) is 18.4 Å². The summed E-state index contributed by atoms with van der Waals surface area (Å²) in [7, 11) is 0. The van der Waals surface area contributed by atoms with Crippen LogP contribution in [0.25, 0.3) is 0 Å². The van der Waals surface area contributed by atoms with Crippen molar-refractivity contribution in [1.82, 2.24) is 4.90 Å². The second kappa shape index (κ2) is 5.89. The van der Waals surface area contributed by atoms with Gasteiger partial charge in [-0.1, -0.05) is 15.9 Å². The van der Waals surface area contributed by atoms with E-state index in [2.05, 4.69) is 15.9 Å². The summed E-state index contributed by atoms with van der Waals surface area (Å²) >= 11 is 3.44. The van der Waals surface area contributed by atoms with E-state index >= 15 is 0 Å². The summed E-state index contributed by atoms with van der Waals surface area (Å²) in [4.78, 5) is 13.6. The monoisotopic (exact) mass is 291 g/mol. The molecule has 0 radical (unpaired) electrons. The first kappa shape index (κ1) is 13.8. The molecule has 1 fully saturated rings. The SMILES string of the molecule is CC(C)(C)OC(=O)N1CCC(CCCBr)C1. The molecule has 1 rings (SSSR count). The van der Waals surface area contributed by atoms with Gasteiger partial charge in [-0.2, -0.15) is 0 Å². The number of rotatable bonds is 3. The lowest BCUT2D eigenvalue weighted by atomic mass is 10.0. The van der Waals surface area contributed by atoms with E-state index in [-0.39, 0.29) is 11.7 Å². The summed E-state index contributed by atoms with van der Waals surface area (Å²) in [6.45, 7) is 7.43. The Hall–Kier alpha value is -0.250. The van der Waals surface area contributed by atoms with E-state index in [1.807, 2.05) is 25.7 Å². The Morgan fingerprint density at radius 1 is 1.50 bits per heavy atom. The van der Waals surface area contributed by atoms with Crippen molar-refractivity contribution < 1.29 is 9.53 Å². The molecule has 1 amide bonds. The van der Waals surface area contributed by atoms with Crippen molar-refractivity contribution in [2.24, 2.45) is 5.92 Å². The summed E-state index contributed by atoms with van der Waals surface area (Å²) < 4.78 is 5.35. The highest BCUT2D eigenvalue weighted by Crippen LogP contribution is 2.23. The van der Waals surface area contributed by atoms with E-state index in [1.165, 1.54) is 12.8 Å². The van der Waals surface area contributed by atoms with Crippen LogP contribution in [0.15, 0.2) is 0 Å². The molecule has 3 nitrogen and oxygen atoms in total. The number of carbonyl (C=O) groups excluding carboxylic acids is 1. The number of amides is 1. The van der Waals surface area contributed by atoms with Gasteiger partial charge in [0.05, 0.1) is 0 Å². The normalized spacial score (nSPS) is 21.2. The van der Waals surface area contributed by atoms with Crippen LogP contribution in [0.2, 0.25) is 0 Å². The lowest BCUT2D eigenvalue weighted by molar-refractivity contribution is 0.0287. The summed E-state index contributed by atoms with van der Waals surface area (Å²) in [5.41, 5.74) is -0.384. The maximum absolute atomic E-state index is 11.8. The Labute approximate surface area is 107 Å². The fourth-order valence-corrected chi connectivity index (χ4v) is 2.25. The van der Waals surface area contributed by atoms with E-state index in [9.17, 15) is 4.79 Å². The van der Waals surface area contributed by atoms with Crippen LogP contribution in [0.5, 0.6) is 0 Å². The molecular weight excluding hydrogens is 270 g/mol. The maximum atomic E-state index is 11.8. The van der Waals surface area contributed by atoms with Gasteiger partial charge >= 0.3 is 6.09 Å². The van der Waals surface area contributed by atoms with Gasteiger partial charge in [0.25, 0.3) is 0 Å². The molecule has 1 unspecified atom stereocenters. The number of hydrogen-bond donors (Lipinski definition) is 0. The Bertz CT molecular complexity index is 238. The van der Waals surface area contributed by atoms with Crippen LogP contribution in [0, 0.1) is 5.92 Å². The molecule has 0 aromatic carbocycles. The molecule has 0 saturated carbocycles. The molecule has 1 atom stereocenters. The highest BCUT2D eigenvalue weighted by Gasteiger charge is 2.29. The van der Waals surface area contributed by atoms with Crippen molar-refractivity contribution >= 4 is 22.0 Å². The summed E-state index contributed by atoms with van der Waals surface area (Å²) in [6.07, 6.45) is 3.35. The molecular formula is C12H22BrNO2. The molecule has 0 N–H and O–H groups in total. The van der Waals surface area contributed by atoms with Gasteiger partial charge in [-0.05, 0) is 46.0 Å². The zero-order valence-corrected chi connectivity index (χ0v) is 12.0. The summed E-state index contributed by atoms with van der Waals surface area (Å²) in [5, 5.41) is 1.05. The van der Waals surface area contributed by atoms with Crippen LogP contribution in [-0.4, -0.2) is 35.0 Å². The standard InChI is InChI=1S/C12H22BrNO2/c1-12(2,3)16-11(15)14-8-6-10(9-14)5-4-7-13/h10H,4-9H2,1-3H3. The second-order valence-electron chi connectivity index (χ2n) is 5.41. The topological polar surface area (TPSA) is 29.5 Å².